The first kappa shape index (κ1) is 9.91. The third kappa shape index (κ3) is 2.38. The van der Waals surface area contributed by atoms with E-state index in [9.17, 15) is 9.59 Å². The molecule has 5 nitrogen and oxygen atoms in total. The van der Waals surface area contributed by atoms with Gasteiger partial charge < -0.3 is 0 Å². The fraction of sp³-hybridized carbons (Fsp3) is 0.571. The SMILES string of the molecule is CCCCn1c(=O)[nH]c(=O)[nH]c1=S. The van der Waals surface area contributed by atoms with E-state index in [1.165, 1.54) is 4.57 Å². The van der Waals surface area contributed by atoms with E-state index in [4.69, 9.17) is 12.2 Å². The van der Waals surface area contributed by atoms with Crippen LogP contribution in [0.25, 0.3) is 0 Å². The zero-order valence-corrected chi connectivity index (χ0v) is 8.11. The maximum atomic E-state index is 11.2. The summed E-state index contributed by atoms with van der Waals surface area (Å²) >= 11 is 4.83. The highest BCUT2D eigenvalue weighted by atomic mass is 32.1. The van der Waals surface area contributed by atoms with Crippen molar-refractivity contribution < 1.29 is 0 Å². The summed E-state index contributed by atoms with van der Waals surface area (Å²) in [4.78, 5) is 26.4. The van der Waals surface area contributed by atoms with Gasteiger partial charge in [0.15, 0.2) is 4.77 Å². The Morgan fingerprint density at radius 3 is 2.62 bits per heavy atom. The second-order valence-corrected chi connectivity index (χ2v) is 3.08. The molecule has 0 unspecified atom stereocenters. The van der Waals surface area contributed by atoms with Crippen molar-refractivity contribution in [1.82, 2.24) is 14.5 Å². The van der Waals surface area contributed by atoms with Gasteiger partial charge in [0, 0.05) is 6.54 Å². The summed E-state index contributed by atoms with van der Waals surface area (Å²) in [6.07, 6.45) is 1.84. The smallest absolute Gasteiger partial charge is 0.284 e. The van der Waals surface area contributed by atoms with E-state index in [1.807, 2.05) is 6.92 Å². The molecule has 0 atom stereocenters. The van der Waals surface area contributed by atoms with Crippen molar-refractivity contribution in [1.29, 1.82) is 0 Å². The fourth-order valence-electron chi connectivity index (χ4n) is 0.972. The van der Waals surface area contributed by atoms with E-state index in [0.29, 0.717) is 6.54 Å². The number of nitrogens with one attached hydrogen (secondary N) is 2. The Hall–Kier alpha value is -1.17. The Morgan fingerprint density at radius 1 is 1.38 bits per heavy atom. The normalized spacial score (nSPS) is 10.2. The van der Waals surface area contributed by atoms with E-state index in [1.54, 1.807) is 0 Å². The molecule has 1 rings (SSSR count). The molecule has 1 heterocycles. The monoisotopic (exact) mass is 201 g/mol. The highest BCUT2D eigenvalue weighted by Gasteiger charge is 1.97. The van der Waals surface area contributed by atoms with Gasteiger partial charge in [0.2, 0.25) is 0 Å². The van der Waals surface area contributed by atoms with Crippen molar-refractivity contribution in [2.24, 2.45) is 0 Å². The number of H-pyrrole nitrogens is 2. The van der Waals surface area contributed by atoms with E-state index in [2.05, 4.69) is 9.97 Å². The average molecular weight is 201 g/mol. The molecular formula is C7H11N3O2S. The Balaban J connectivity index is 3.15. The number of nitrogens with zero attached hydrogens (tertiary/aromatic N) is 1. The number of rotatable bonds is 3. The number of hydrogen-bond donors (Lipinski definition) is 2. The molecule has 0 saturated carbocycles. The van der Waals surface area contributed by atoms with Crippen LogP contribution in [0.1, 0.15) is 19.8 Å². The standard InChI is InChI=1S/C7H11N3O2S/c1-2-3-4-10-6(12)8-5(11)9-7(10)13/h2-4H2,1H3,(H2,8,9,11,12,13). The van der Waals surface area contributed by atoms with Crippen molar-refractivity contribution in [3.05, 3.63) is 25.7 Å². The molecule has 0 aliphatic rings. The summed E-state index contributed by atoms with van der Waals surface area (Å²) in [5, 5.41) is 0. The van der Waals surface area contributed by atoms with Gasteiger partial charge in [-0.05, 0) is 18.6 Å². The van der Waals surface area contributed by atoms with Crippen LogP contribution in [-0.4, -0.2) is 14.5 Å². The molecule has 1 aromatic heterocycles. The molecule has 0 aliphatic carbocycles. The van der Waals surface area contributed by atoms with Crippen LogP contribution in [0.15, 0.2) is 9.59 Å². The third-order valence-corrected chi connectivity index (χ3v) is 1.99. The molecule has 0 saturated heterocycles. The van der Waals surface area contributed by atoms with Gasteiger partial charge >= 0.3 is 11.4 Å². The van der Waals surface area contributed by atoms with E-state index >= 15 is 0 Å². The van der Waals surface area contributed by atoms with Gasteiger partial charge in [-0.25, -0.2) is 9.59 Å². The molecular weight excluding hydrogens is 190 g/mol. The lowest BCUT2D eigenvalue weighted by molar-refractivity contribution is 0.573. The largest absolute Gasteiger partial charge is 0.331 e. The maximum absolute atomic E-state index is 11.2. The number of aromatic amines is 2. The van der Waals surface area contributed by atoms with Crippen LogP contribution in [0.2, 0.25) is 0 Å². The first-order chi connectivity index (χ1) is 6.15. The summed E-state index contributed by atoms with van der Waals surface area (Å²) in [6, 6.07) is 0. The van der Waals surface area contributed by atoms with Gasteiger partial charge in [0.25, 0.3) is 0 Å². The lowest BCUT2D eigenvalue weighted by Gasteiger charge is -2.01. The lowest BCUT2D eigenvalue weighted by Crippen LogP contribution is -2.32. The van der Waals surface area contributed by atoms with E-state index in [-0.39, 0.29) is 4.77 Å². The quantitative estimate of drug-likeness (QED) is 0.695. The predicted octanol–water partition coefficient (Wildman–Crippen LogP) is 0.394. The highest BCUT2D eigenvalue weighted by Crippen LogP contribution is 1.89. The highest BCUT2D eigenvalue weighted by molar-refractivity contribution is 7.71. The van der Waals surface area contributed by atoms with E-state index in [0.717, 1.165) is 12.8 Å². The molecule has 0 bridgehead atoms. The summed E-state index contributed by atoms with van der Waals surface area (Å²) in [5.41, 5.74) is -0.995. The van der Waals surface area contributed by atoms with Gasteiger partial charge in [-0.2, -0.15) is 0 Å². The van der Waals surface area contributed by atoms with Crippen LogP contribution in [0.4, 0.5) is 0 Å². The maximum Gasteiger partial charge on any atom is 0.331 e. The fourth-order valence-corrected chi connectivity index (χ4v) is 1.24. The Kier molecular flexibility index (Phi) is 3.18. The van der Waals surface area contributed by atoms with Gasteiger partial charge in [-0.3, -0.25) is 14.5 Å². The Bertz CT molecular complexity index is 408. The molecule has 2 N–H and O–H groups in total. The molecule has 1 aromatic rings. The van der Waals surface area contributed by atoms with Crippen LogP contribution in [0, 0.1) is 4.77 Å². The zero-order chi connectivity index (χ0) is 9.84. The molecule has 72 valence electrons. The second kappa shape index (κ2) is 4.18. The number of unbranched alkanes of at least 4 members (excludes halogenated alkanes) is 1. The van der Waals surface area contributed by atoms with Gasteiger partial charge in [-0.1, -0.05) is 13.3 Å². The van der Waals surface area contributed by atoms with Crippen LogP contribution < -0.4 is 11.4 Å². The molecule has 6 heteroatoms. The van der Waals surface area contributed by atoms with Crippen LogP contribution >= 0.6 is 12.2 Å². The van der Waals surface area contributed by atoms with Crippen LogP contribution in [0.5, 0.6) is 0 Å². The van der Waals surface area contributed by atoms with Crippen molar-refractivity contribution in [2.45, 2.75) is 26.3 Å². The zero-order valence-electron chi connectivity index (χ0n) is 7.29. The average Bonchev–Trinajstić information content (AvgIpc) is 2.02. The Labute approximate surface area is 79.4 Å². The van der Waals surface area contributed by atoms with Crippen molar-refractivity contribution in [3.63, 3.8) is 0 Å². The minimum atomic E-state index is -0.553. The third-order valence-electron chi connectivity index (χ3n) is 1.67. The second-order valence-electron chi connectivity index (χ2n) is 2.69. The van der Waals surface area contributed by atoms with Crippen molar-refractivity contribution in [2.75, 3.05) is 0 Å². The molecule has 0 radical (unpaired) electrons. The Morgan fingerprint density at radius 2 is 2.08 bits per heavy atom. The first-order valence-electron chi connectivity index (χ1n) is 4.08. The minimum absolute atomic E-state index is 0.183. The molecule has 13 heavy (non-hydrogen) atoms. The summed E-state index contributed by atoms with van der Waals surface area (Å²) in [5.74, 6) is 0. The number of hydrogen-bond acceptors (Lipinski definition) is 3. The summed E-state index contributed by atoms with van der Waals surface area (Å²) < 4.78 is 1.53. The molecule has 0 aliphatic heterocycles. The molecule has 0 amide bonds. The molecule has 0 aromatic carbocycles. The van der Waals surface area contributed by atoms with Crippen LogP contribution in [-0.2, 0) is 6.54 Å². The molecule has 0 spiro atoms. The van der Waals surface area contributed by atoms with Crippen molar-refractivity contribution >= 4 is 12.2 Å². The summed E-state index contributed by atoms with van der Waals surface area (Å²) in [7, 11) is 0. The van der Waals surface area contributed by atoms with Gasteiger partial charge in [-0.15, -0.1) is 0 Å². The summed E-state index contributed by atoms with van der Waals surface area (Å²) in [6.45, 7) is 2.56. The van der Waals surface area contributed by atoms with Crippen LogP contribution in [0.3, 0.4) is 0 Å². The van der Waals surface area contributed by atoms with Gasteiger partial charge in [0.1, 0.15) is 0 Å². The number of aromatic nitrogens is 3. The van der Waals surface area contributed by atoms with Crippen molar-refractivity contribution in [3.8, 4) is 0 Å². The van der Waals surface area contributed by atoms with E-state index < -0.39 is 11.4 Å². The predicted molar refractivity (Wildman–Crippen MR) is 51.4 cm³/mol. The lowest BCUT2D eigenvalue weighted by atomic mass is 10.3. The minimum Gasteiger partial charge on any atom is -0.284 e. The molecule has 0 fully saturated rings. The first-order valence-corrected chi connectivity index (χ1v) is 4.49. The van der Waals surface area contributed by atoms with Gasteiger partial charge in [0.05, 0.1) is 0 Å². The topological polar surface area (TPSA) is 70.7 Å².